The zero-order valence-electron chi connectivity index (χ0n) is 11.5. The van der Waals surface area contributed by atoms with E-state index in [-0.39, 0.29) is 0 Å². The van der Waals surface area contributed by atoms with Crippen LogP contribution in [-0.4, -0.2) is 46.9 Å². The molecule has 0 radical (unpaired) electrons. The number of piperazine rings is 1. The first-order valence-electron chi connectivity index (χ1n) is 6.83. The molecule has 0 spiro atoms. The molecule has 0 aliphatic carbocycles. The minimum absolute atomic E-state index is 0.531. The van der Waals surface area contributed by atoms with Crippen LogP contribution in [0, 0.1) is 0 Å². The Morgan fingerprint density at radius 1 is 1.17 bits per heavy atom. The summed E-state index contributed by atoms with van der Waals surface area (Å²) in [5, 5.41) is 0. The standard InChI is InChI=1S/C14H23N3O/c1-16-7-9-17(10-8-16)14(11-15)12-3-5-13(18-2)6-4-12/h3-6,14H,7-11,15H2,1-2H3/p+3/t14-/m1/s1. The van der Waals surface area contributed by atoms with Gasteiger partial charge in [-0.25, -0.2) is 0 Å². The van der Waals surface area contributed by atoms with Crippen LogP contribution in [0.4, 0.5) is 0 Å². The van der Waals surface area contributed by atoms with Gasteiger partial charge in [0.2, 0.25) is 0 Å². The lowest BCUT2D eigenvalue weighted by Crippen LogP contribution is -3.27. The number of rotatable bonds is 4. The lowest BCUT2D eigenvalue weighted by molar-refractivity contribution is -1.02. The van der Waals surface area contributed by atoms with E-state index in [1.165, 1.54) is 31.7 Å². The second-order valence-corrected chi connectivity index (χ2v) is 5.23. The van der Waals surface area contributed by atoms with Crippen molar-refractivity contribution < 1.29 is 20.3 Å². The van der Waals surface area contributed by atoms with Crippen molar-refractivity contribution in [2.75, 3.05) is 46.9 Å². The van der Waals surface area contributed by atoms with E-state index in [0.717, 1.165) is 12.3 Å². The molecule has 1 heterocycles. The molecule has 2 rings (SSSR count). The average molecular weight is 252 g/mol. The molecule has 1 saturated heterocycles. The van der Waals surface area contributed by atoms with E-state index in [0.29, 0.717) is 6.04 Å². The van der Waals surface area contributed by atoms with Crippen molar-refractivity contribution in [2.45, 2.75) is 6.04 Å². The molecule has 0 aromatic heterocycles. The van der Waals surface area contributed by atoms with E-state index in [4.69, 9.17) is 4.74 Å². The van der Waals surface area contributed by atoms with E-state index in [1.54, 1.807) is 16.9 Å². The molecule has 1 atom stereocenters. The van der Waals surface area contributed by atoms with Gasteiger partial charge in [0.25, 0.3) is 0 Å². The van der Waals surface area contributed by atoms with E-state index in [9.17, 15) is 0 Å². The van der Waals surface area contributed by atoms with Gasteiger partial charge in [0.15, 0.2) is 6.04 Å². The van der Waals surface area contributed by atoms with Gasteiger partial charge in [-0.15, -0.1) is 0 Å². The molecular formula is C14H26N3O+3. The highest BCUT2D eigenvalue weighted by Crippen LogP contribution is 2.15. The van der Waals surface area contributed by atoms with E-state index < -0.39 is 0 Å². The Morgan fingerprint density at radius 2 is 1.78 bits per heavy atom. The fourth-order valence-electron chi connectivity index (χ4n) is 2.79. The summed E-state index contributed by atoms with van der Waals surface area (Å²) in [6.45, 7) is 5.99. The molecule has 18 heavy (non-hydrogen) atoms. The highest BCUT2D eigenvalue weighted by Gasteiger charge is 2.29. The summed E-state index contributed by atoms with van der Waals surface area (Å²) in [7, 11) is 3.99. The number of hydrogen-bond acceptors (Lipinski definition) is 1. The van der Waals surface area contributed by atoms with E-state index in [1.807, 2.05) is 0 Å². The summed E-state index contributed by atoms with van der Waals surface area (Å²) in [4.78, 5) is 3.33. The van der Waals surface area contributed by atoms with Crippen LogP contribution in [0.2, 0.25) is 0 Å². The fourth-order valence-corrected chi connectivity index (χ4v) is 2.79. The molecule has 4 nitrogen and oxygen atoms in total. The smallest absolute Gasteiger partial charge is 0.163 e. The predicted octanol–water partition coefficient (Wildman–Crippen LogP) is -2.61. The monoisotopic (exact) mass is 252 g/mol. The van der Waals surface area contributed by atoms with Crippen LogP contribution >= 0.6 is 0 Å². The number of ether oxygens (including phenoxy) is 1. The van der Waals surface area contributed by atoms with Crippen LogP contribution in [0.5, 0.6) is 5.75 Å². The van der Waals surface area contributed by atoms with Crippen molar-refractivity contribution >= 4 is 0 Å². The summed E-state index contributed by atoms with van der Waals surface area (Å²) in [5.41, 5.74) is 5.53. The highest BCUT2D eigenvalue weighted by molar-refractivity contribution is 5.28. The molecule has 1 aliphatic rings. The summed E-state index contributed by atoms with van der Waals surface area (Å²) < 4.78 is 5.22. The van der Waals surface area contributed by atoms with E-state index in [2.05, 4.69) is 37.0 Å². The number of likely N-dealkylation sites (N-methyl/N-ethyl adjacent to an activating group) is 1. The van der Waals surface area contributed by atoms with Gasteiger partial charge < -0.3 is 20.3 Å². The van der Waals surface area contributed by atoms with Crippen LogP contribution in [0.25, 0.3) is 0 Å². The highest BCUT2D eigenvalue weighted by atomic mass is 16.5. The molecular weight excluding hydrogens is 226 g/mol. The SMILES string of the molecule is COc1ccc([C@@H](C[NH3+])[NH+]2CC[NH+](C)CC2)cc1. The van der Waals surface area contributed by atoms with Crippen LogP contribution in [0.15, 0.2) is 24.3 Å². The van der Waals surface area contributed by atoms with Gasteiger partial charge in [-0.2, -0.15) is 0 Å². The molecule has 0 saturated carbocycles. The average Bonchev–Trinajstić information content (AvgIpc) is 2.42. The molecule has 100 valence electrons. The van der Waals surface area contributed by atoms with Crippen LogP contribution < -0.4 is 20.3 Å². The Hall–Kier alpha value is -1.10. The molecule has 5 N–H and O–H groups in total. The minimum atomic E-state index is 0.531. The Bertz CT molecular complexity index is 358. The Morgan fingerprint density at radius 3 is 2.28 bits per heavy atom. The van der Waals surface area contributed by atoms with Gasteiger partial charge in [0.05, 0.1) is 14.2 Å². The molecule has 1 aromatic rings. The fraction of sp³-hybridized carbons (Fsp3) is 0.571. The number of nitrogens with one attached hydrogen (secondary N) is 2. The first-order chi connectivity index (χ1) is 8.74. The molecule has 1 fully saturated rings. The summed E-state index contributed by atoms with van der Waals surface area (Å²) in [6, 6.07) is 9.01. The zero-order chi connectivity index (χ0) is 13.0. The third-order valence-corrected chi connectivity index (χ3v) is 4.05. The maximum absolute atomic E-state index is 5.22. The molecule has 1 aliphatic heterocycles. The van der Waals surface area contributed by atoms with Crippen molar-refractivity contribution in [3.63, 3.8) is 0 Å². The third-order valence-electron chi connectivity index (χ3n) is 4.05. The van der Waals surface area contributed by atoms with Crippen LogP contribution in [-0.2, 0) is 0 Å². The third kappa shape index (κ3) is 3.02. The van der Waals surface area contributed by atoms with Gasteiger partial charge in [0.1, 0.15) is 38.5 Å². The first kappa shape index (κ1) is 13.3. The lowest BCUT2D eigenvalue weighted by atomic mass is 10.0. The van der Waals surface area contributed by atoms with Gasteiger partial charge in [-0.3, -0.25) is 0 Å². The van der Waals surface area contributed by atoms with Crippen molar-refractivity contribution in [1.82, 2.24) is 0 Å². The van der Waals surface area contributed by atoms with Gasteiger partial charge in [-0.1, -0.05) is 0 Å². The second kappa shape index (κ2) is 6.18. The van der Waals surface area contributed by atoms with Crippen molar-refractivity contribution in [1.29, 1.82) is 0 Å². The van der Waals surface area contributed by atoms with Crippen molar-refractivity contribution in [2.24, 2.45) is 0 Å². The lowest BCUT2D eigenvalue weighted by Gasteiger charge is -2.32. The van der Waals surface area contributed by atoms with Gasteiger partial charge in [0, 0.05) is 5.56 Å². The minimum Gasteiger partial charge on any atom is -0.497 e. The summed E-state index contributed by atoms with van der Waals surface area (Å²) in [5.74, 6) is 0.930. The first-order valence-corrected chi connectivity index (χ1v) is 6.83. The van der Waals surface area contributed by atoms with Gasteiger partial charge in [-0.05, 0) is 24.3 Å². The molecule has 0 amide bonds. The zero-order valence-corrected chi connectivity index (χ0v) is 11.5. The molecule has 0 unspecified atom stereocenters. The van der Waals surface area contributed by atoms with Crippen LogP contribution in [0.1, 0.15) is 11.6 Å². The maximum atomic E-state index is 5.22. The largest absolute Gasteiger partial charge is 0.497 e. The number of quaternary nitrogens is 3. The Labute approximate surface area is 109 Å². The molecule has 1 aromatic carbocycles. The second-order valence-electron chi connectivity index (χ2n) is 5.23. The number of methoxy groups -OCH3 is 1. The maximum Gasteiger partial charge on any atom is 0.163 e. The molecule has 4 heteroatoms. The topological polar surface area (TPSA) is 45.8 Å². The number of hydrogen-bond donors (Lipinski definition) is 3. The summed E-state index contributed by atoms with van der Waals surface area (Å²) in [6.07, 6.45) is 0. The van der Waals surface area contributed by atoms with E-state index >= 15 is 0 Å². The van der Waals surface area contributed by atoms with Crippen molar-refractivity contribution in [3.05, 3.63) is 29.8 Å². The normalized spacial score (nSPS) is 25.7. The predicted molar refractivity (Wildman–Crippen MR) is 70.8 cm³/mol. The van der Waals surface area contributed by atoms with Crippen molar-refractivity contribution in [3.8, 4) is 5.75 Å². The number of benzene rings is 1. The Balaban J connectivity index is 2.07. The van der Waals surface area contributed by atoms with Gasteiger partial charge >= 0.3 is 0 Å². The molecule has 0 bridgehead atoms. The quantitative estimate of drug-likeness (QED) is 0.540. The Kier molecular flexibility index (Phi) is 4.58. The summed E-state index contributed by atoms with van der Waals surface area (Å²) >= 11 is 0. The van der Waals surface area contributed by atoms with Crippen LogP contribution in [0.3, 0.4) is 0 Å².